The minimum Gasteiger partial charge on any atom is -0.466 e. The summed E-state index contributed by atoms with van der Waals surface area (Å²) in [5.74, 6) is 0.804. The van der Waals surface area contributed by atoms with Crippen molar-refractivity contribution in [2.45, 2.75) is 123 Å². The van der Waals surface area contributed by atoms with Gasteiger partial charge >= 0.3 is 5.97 Å². The molecule has 0 spiro atoms. The third kappa shape index (κ3) is 8.36. The number of unbranched alkanes of at least 4 members (excludes halogenated alkanes) is 6. The van der Waals surface area contributed by atoms with Gasteiger partial charge in [-0.2, -0.15) is 0 Å². The van der Waals surface area contributed by atoms with Crippen LogP contribution in [-0.4, -0.2) is 29.6 Å². The Labute approximate surface area is 190 Å². The SMILES string of the molecule is CCCCC1([C@H](O)/C=C/C2CCC(=O)[C@@H]2CCCCCCCCC(=O)OCC)CCC1. The summed E-state index contributed by atoms with van der Waals surface area (Å²) in [5.41, 5.74) is 0.109. The number of ether oxygens (including phenoxy) is 1. The molecule has 2 saturated carbocycles. The van der Waals surface area contributed by atoms with Crippen LogP contribution in [0.25, 0.3) is 0 Å². The lowest BCUT2D eigenvalue weighted by Crippen LogP contribution is -2.40. The molecule has 0 heterocycles. The smallest absolute Gasteiger partial charge is 0.305 e. The van der Waals surface area contributed by atoms with Crippen molar-refractivity contribution in [1.82, 2.24) is 0 Å². The topological polar surface area (TPSA) is 63.6 Å². The summed E-state index contributed by atoms with van der Waals surface area (Å²) in [6.45, 7) is 4.52. The first-order chi connectivity index (χ1) is 15.0. The molecule has 0 aromatic heterocycles. The van der Waals surface area contributed by atoms with Crippen LogP contribution in [0.15, 0.2) is 12.2 Å². The fourth-order valence-electron chi connectivity index (χ4n) is 5.42. The van der Waals surface area contributed by atoms with E-state index >= 15 is 0 Å². The largest absolute Gasteiger partial charge is 0.466 e. The molecule has 4 heteroatoms. The number of ketones is 1. The van der Waals surface area contributed by atoms with Gasteiger partial charge in [-0.1, -0.05) is 70.4 Å². The number of rotatable bonds is 16. The highest BCUT2D eigenvalue weighted by molar-refractivity contribution is 5.83. The zero-order chi connectivity index (χ0) is 22.5. The number of allylic oxidation sites excluding steroid dienone is 1. The van der Waals surface area contributed by atoms with Crippen molar-refractivity contribution in [3.8, 4) is 0 Å². The maximum atomic E-state index is 12.4. The van der Waals surface area contributed by atoms with Crippen LogP contribution in [0.3, 0.4) is 0 Å². The van der Waals surface area contributed by atoms with Crippen molar-refractivity contribution in [2.75, 3.05) is 6.61 Å². The molecular weight excluding hydrogens is 388 g/mol. The summed E-state index contributed by atoms with van der Waals surface area (Å²) in [4.78, 5) is 23.7. The second kappa shape index (κ2) is 14.1. The van der Waals surface area contributed by atoms with Gasteiger partial charge in [0.25, 0.3) is 0 Å². The number of carbonyl (C=O) groups is 2. The lowest BCUT2D eigenvalue weighted by atomic mass is 9.62. The van der Waals surface area contributed by atoms with Crippen LogP contribution in [0.1, 0.15) is 117 Å². The average Bonchev–Trinajstić information content (AvgIpc) is 3.07. The van der Waals surface area contributed by atoms with Crippen molar-refractivity contribution in [3.63, 3.8) is 0 Å². The van der Waals surface area contributed by atoms with Crippen LogP contribution in [0, 0.1) is 17.3 Å². The number of carbonyl (C=O) groups excluding carboxylic acids is 2. The molecule has 0 saturated heterocycles. The molecule has 178 valence electrons. The second-order valence-electron chi connectivity index (χ2n) is 9.89. The predicted octanol–water partition coefficient (Wildman–Crippen LogP) is 6.54. The molecule has 2 fully saturated rings. The highest BCUT2D eigenvalue weighted by Crippen LogP contribution is 2.48. The summed E-state index contributed by atoms with van der Waals surface area (Å²) in [6, 6.07) is 0. The standard InChI is InChI=1S/C27H46O4/c1-3-5-19-27(20-12-21-27)25(29)18-16-22-15-17-24(28)23(22)13-10-8-6-7-9-11-14-26(30)31-4-2/h16,18,22-23,25,29H,3-15,17,19-21H2,1-2H3/b18-16+/t22?,23-,25-/m1/s1. The number of hydrogen-bond donors (Lipinski definition) is 1. The number of aliphatic hydroxyl groups is 1. The van der Waals surface area contributed by atoms with Crippen molar-refractivity contribution >= 4 is 11.8 Å². The van der Waals surface area contributed by atoms with Gasteiger partial charge < -0.3 is 9.84 Å². The molecule has 0 aromatic rings. The van der Waals surface area contributed by atoms with Crippen LogP contribution in [0.2, 0.25) is 0 Å². The van der Waals surface area contributed by atoms with Crippen molar-refractivity contribution in [3.05, 3.63) is 12.2 Å². The molecule has 31 heavy (non-hydrogen) atoms. The van der Waals surface area contributed by atoms with Crippen molar-refractivity contribution < 1.29 is 19.4 Å². The van der Waals surface area contributed by atoms with Gasteiger partial charge in [-0.05, 0) is 56.8 Å². The maximum Gasteiger partial charge on any atom is 0.305 e. The third-order valence-corrected chi connectivity index (χ3v) is 7.65. The number of Topliss-reactive ketones (excluding diaryl/α,β-unsaturated/α-hetero) is 1. The van der Waals surface area contributed by atoms with E-state index in [0.717, 1.165) is 64.2 Å². The lowest BCUT2D eigenvalue weighted by Gasteiger charge is -2.45. The van der Waals surface area contributed by atoms with Gasteiger partial charge in [0, 0.05) is 18.8 Å². The third-order valence-electron chi connectivity index (χ3n) is 7.65. The maximum absolute atomic E-state index is 12.4. The molecule has 2 aliphatic rings. The Hall–Kier alpha value is -1.16. The van der Waals surface area contributed by atoms with Gasteiger partial charge in [0.1, 0.15) is 5.78 Å². The van der Waals surface area contributed by atoms with E-state index in [2.05, 4.69) is 13.0 Å². The molecule has 4 nitrogen and oxygen atoms in total. The summed E-state index contributed by atoms with van der Waals surface area (Å²) >= 11 is 0. The van der Waals surface area contributed by atoms with E-state index in [1.807, 2.05) is 13.0 Å². The van der Waals surface area contributed by atoms with Crippen LogP contribution < -0.4 is 0 Å². The highest BCUT2D eigenvalue weighted by Gasteiger charge is 2.42. The van der Waals surface area contributed by atoms with Gasteiger partial charge in [-0.25, -0.2) is 0 Å². The van der Waals surface area contributed by atoms with Gasteiger partial charge in [-0.3, -0.25) is 9.59 Å². The fraction of sp³-hybridized carbons (Fsp3) is 0.852. The lowest BCUT2D eigenvalue weighted by molar-refractivity contribution is -0.143. The van der Waals surface area contributed by atoms with Crippen LogP contribution in [-0.2, 0) is 14.3 Å². The van der Waals surface area contributed by atoms with Gasteiger partial charge in [0.2, 0.25) is 0 Å². The Kier molecular flexibility index (Phi) is 11.9. The molecule has 3 atom stereocenters. The van der Waals surface area contributed by atoms with Gasteiger partial charge in [0.05, 0.1) is 12.7 Å². The normalized spacial score (nSPS) is 23.8. The molecule has 1 unspecified atom stereocenters. The molecule has 0 radical (unpaired) electrons. The minimum atomic E-state index is -0.348. The average molecular weight is 435 g/mol. The number of aliphatic hydroxyl groups excluding tert-OH is 1. The van der Waals surface area contributed by atoms with Gasteiger partial charge in [0.15, 0.2) is 0 Å². The number of hydrogen-bond acceptors (Lipinski definition) is 4. The van der Waals surface area contributed by atoms with E-state index in [-0.39, 0.29) is 23.4 Å². The first-order valence-corrected chi connectivity index (χ1v) is 13.1. The molecule has 0 amide bonds. The summed E-state index contributed by atoms with van der Waals surface area (Å²) in [5, 5.41) is 10.8. The summed E-state index contributed by atoms with van der Waals surface area (Å²) in [7, 11) is 0. The molecule has 0 aromatic carbocycles. The van der Waals surface area contributed by atoms with Crippen LogP contribution in [0.5, 0.6) is 0 Å². The van der Waals surface area contributed by atoms with Crippen molar-refractivity contribution in [2.24, 2.45) is 17.3 Å². The number of esters is 1. The zero-order valence-electron chi connectivity index (χ0n) is 20.1. The fourth-order valence-corrected chi connectivity index (χ4v) is 5.42. The second-order valence-corrected chi connectivity index (χ2v) is 9.89. The molecular formula is C27H46O4. The zero-order valence-corrected chi connectivity index (χ0v) is 20.1. The van der Waals surface area contributed by atoms with E-state index in [9.17, 15) is 14.7 Å². The van der Waals surface area contributed by atoms with Crippen LogP contribution >= 0.6 is 0 Å². The van der Waals surface area contributed by atoms with E-state index < -0.39 is 0 Å². The first kappa shape index (κ1) is 26.1. The Morgan fingerprint density at radius 2 is 1.84 bits per heavy atom. The summed E-state index contributed by atoms with van der Waals surface area (Å²) < 4.78 is 4.95. The van der Waals surface area contributed by atoms with Crippen molar-refractivity contribution in [1.29, 1.82) is 0 Å². The molecule has 1 N–H and O–H groups in total. The minimum absolute atomic E-state index is 0.0833. The van der Waals surface area contributed by atoms with E-state index in [1.165, 1.54) is 25.7 Å². The Morgan fingerprint density at radius 1 is 1.13 bits per heavy atom. The first-order valence-electron chi connectivity index (χ1n) is 13.1. The van der Waals surface area contributed by atoms with E-state index in [4.69, 9.17) is 4.74 Å². The molecule has 2 aliphatic carbocycles. The highest BCUT2D eigenvalue weighted by atomic mass is 16.5. The van der Waals surface area contributed by atoms with Crippen LogP contribution in [0.4, 0.5) is 0 Å². The molecule has 2 rings (SSSR count). The van der Waals surface area contributed by atoms with E-state index in [1.54, 1.807) is 0 Å². The Balaban J connectivity index is 1.66. The summed E-state index contributed by atoms with van der Waals surface area (Å²) in [6.07, 6.45) is 20.6. The van der Waals surface area contributed by atoms with E-state index in [0.29, 0.717) is 31.1 Å². The van der Waals surface area contributed by atoms with Gasteiger partial charge in [-0.15, -0.1) is 0 Å². The Morgan fingerprint density at radius 3 is 2.48 bits per heavy atom. The predicted molar refractivity (Wildman–Crippen MR) is 126 cm³/mol. The molecule has 0 bridgehead atoms. The molecule has 0 aliphatic heterocycles. The monoisotopic (exact) mass is 434 g/mol. The quantitative estimate of drug-likeness (QED) is 0.170. The Bertz CT molecular complexity index is 564.